The summed E-state index contributed by atoms with van der Waals surface area (Å²) in [5.74, 6) is -1.28. The molecule has 2 aromatic carbocycles. The first-order valence-electron chi connectivity index (χ1n) is 9.05. The molecule has 0 N–H and O–H groups in total. The van der Waals surface area contributed by atoms with Gasteiger partial charge < -0.3 is 0 Å². The number of hydrogen-bond acceptors (Lipinski definition) is 6. The van der Waals surface area contributed by atoms with Gasteiger partial charge in [0.05, 0.1) is 32.8 Å². The van der Waals surface area contributed by atoms with Crippen LogP contribution in [0.4, 0.5) is 11.4 Å². The number of para-hydroxylation sites is 3. The van der Waals surface area contributed by atoms with Crippen molar-refractivity contribution in [1.82, 2.24) is 14.8 Å². The fourth-order valence-electron chi connectivity index (χ4n) is 3.74. The Morgan fingerprint density at radius 1 is 0.967 bits per heavy atom. The van der Waals surface area contributed by atoms with Crippen molar-refractivity contribution in [2.75, 3.05) is 4.90 Å². The third kappa shape index (κ3) is 2.35. The molecule has 0 saturated heterocycles. The van der Waals surface area contributed by atoms with Gasteiger partial charge in [-0.15, -0.1) is 0 Å². The quantitative estimate of drug-likeness (QED) is 0.296. The van der Waals surface area contributed by atoms with Gasteiger partial charge in [0, 0.05) is 12.3 Å². The number of nitro benzene ring substituents is 1. The number of benzene rings is 2. The number of fused-ring (bicyclic) bond motifs is 3. The van der Waals surface area contributed by atoms with Gasteiger partial charge in [-0.2, -0.15) is 5.10 Å². The maximum atomic E-state index is 13.3. The van der Waals surface area contributed by atoms with Crippen LogP contribution in [0, 0.1) is 17.0 Å². The zero-order valence-electron chi connectivity index (χ0n) is 15.6. The van der Waals surface area contributed by atoms with E-state index in [1.165, 1.54) is 24.4 Å². The van der Waals surface area contributed by atoms with E-state index < -0.39 is 16.7 Å². The highest BCUT2D eigenvalue weighted by atomic mass is 16.6. The van der Waals surface area contributed by atoms with Crippen molar-refractivity contribution in [2.24, 2.45) is 0 Å². The van der Waals surface area contributed by atoms with E-state index >= 15 is 0 Å². The van der Waals surface area contributed by atoms with Gasteiger partial charge in [0.15, 0.2) is 5.65 Å². The van der Waals surface area contributed by atoms with Crippen molar-refractivity contribution >= 4 is 34.2 Å². The molecular formula is C21H13N5O4. The molecule has 9 heteroatoms. The third-order valence-electron chi connectivity index (χ3n) is 5.04. The van der Waals surface area contributed by atoms with Crippen molar-refractivity contribution < 1.29 is 14.5 Å². The molecule has 0 spiro atoms. The van der Waals surface area contributed by atoms with E-state index in [9.17, 15) is 19.7 Å². The number of pyridine rings is 1. The maximum Gasteiger partial charge on any atom is 0.293 e. The van der Waals surface area contributed by atoms with Crippen LogP contribution in [-0.4, -0.2) is 31.5 Å². The van der Waals surface area contributed by atoms with Gasteiger partial charge in [0.25, 0.3) is 17.5 Å². The number of hydrogen-bond donors (Lipinski definition) is 0. The van der Waals surface area contributed by atoms with Crippen LogP contribution in [0.5, 0.6) is 0 Å². The van der Waals surface area contributed by atoms with Gasteiger partial charge in [-0.05, 0) is 25.1 Å². The summed E-state index contributed by atoms with van der Waals surface area (Å²) >= 11 is 0. The van der Waals surface area contributed by atoms with Gasteiger partial charge in [-0.1, -0.05) is 30.3 Å². The Kier molecular flexibility index (Phi) is 3.72. The van der Waals surface area contributed by atoms with Gasteiger partial charge in [-0.25, -0.2) is 14.6 Å². The van der Waals surface area contributed by atoms with Crippen LogP contribution in [0.3, 0.4) is 0 Å². The van der Waals surface area contributed by atoms with Crippen molar-refractivity contribution in [3.63, 3.8) is 0 Å². The van der Waals surface area contributed by atoms with Gasteiger partial charge >= 0.3 is 0 Å². The number of aryl methyl sites for hydroxylation is 1. The number of nitro groups is 1. The summed E-state index contributed by atoms with van der Waals surface area (Å²) in [6.07, 6.45) is 1.33. The molecule has 1 aliphatic heterocycles. The summed E-state index contributed by atoms with van der Waals surface area (Å²) in [7, 11) is 0. The average Bonchev–Trinajstić information content (AvgIpc) is 3.22. The normalized spacial score (nSPS) is 13.2. The minimum Gasteiger partial charge on any atom is -0.268 e. The predicted octanol–water partition coefficient (Wildman–Crippen LogP) is 3.44. The fraction of sp³-hybridized carbons (Fsp3) is 0.0476. The van der Waals surface area contributed by atoms with Crippen LogP contribution in [0.1, 0.15) is 26.4 Å². The van der Waals surface area contributed by atoms with Gasteiger partial charge in [0.2, 0.25) is 0 Å². The van der Waals surface area contributed by atoms with Gasteiger partial charge in [0.1, 0.15) is 5.69 Å². The molecule has 0 atom stereocenters. The summed E-state index contributed by atoms with van der Waals surface area (Å²) in [5.41, 5.74) is 1.58. The van der Waals surface area contributed by atoms with Crippen molar-refractivity contribution in [3.8, 4) is 5.69 Å². The minimum atomic E-state index is -0.648. The molecule has 0 radical (unpaired) electrons. The van der Waals surface area contributed by atoms with Crippen LogP contribution < -0.4 is 4.90 Å². The van der Waals surface area contributed by atoms with E-state index in [2.05, 4.69) is 10.1 Å². The highest BCUT2D eigenvalue weighted by Crippen LogP contribution is 2.37. The molecule has 0 bridgehead atoms. The highest BCUT2D eigenvalue weighted by molar-refractivity contribution is 6.38. The topological polar surface area (TPSA) is 111 Å². The number of rotatable bonds is 3. The van der Waals surface area contributed by atoms with Crippen molar-refractivity contribution in [2.45, 2.75) is 6.92 Å². The Bertz CT molecular complexity index is 1380. The lowest BCUT2D eigenvalue weighted by molar-refractivity contribution is -0.384. The lowest BCUT2D eigenvalue weighted by Crippen LogP contribution is -2.30. The van der Waals surface area contributed by atoms with Crippen LogP contribution in [0.2, 0.25) is 0 Å². The Morgan fingerprint density at radius 2 is 1.67 bits per heavy atom. The molecule has 0 fully saturated rings. The Labute approximate surface area is 169 Å². The molecule has 3 heterocycles. The molecular weight excluding hydrogens is 386 g/mol. The zero-order valence-corrected chi connectivity index (χ0v) is 15.6. The summed E-state index contributed by atoms with van der Waals surface area (Å²) in [5, 5.41) is 16.4. The minimum absolute atomic E-state index is 0.0741. The summed E-state index contributed by atoms with van der Waals surface area (Å²) in [4.78, 5) is 42.4. The first-order chi connectivity index (χ1) is 14.5. The van der Waals surface area contributed by atoms with Crippen LogP contribution >= 0.6 is 0 Å². The molecule has 0 saturated carbocycles. The molecule has 2 aromatic heterocycles. The standard InChI is InChI=1S/C21H13N5O4/c1-12-17-18-14(11-22-19(17)25(23-12)13-7-3-2-4-8-13)20(27)24(21(18)28)15-9-5-6-10-16(15)26(29)30/h2-11H,1H3. The highest BCUT2D eigenvalue weighted by Gasteiger charge is 2.42. The van der Waals surface area contributed by atoms with E-state index in [-0.39, 0.29) is 22.5 Å². The molecule has 2 amide bonds. The zero-order chi connectivity index (χ0) is 21.0. The smallest absolute Gasteiger partial charge is 0.268 e. The fourth-order valence-corrected chi connectivity index (χ4v) is 3.74. The summed E-state index contributed by atoms with van der Waals surface area (Å²) < 4.78 is 1.61. The second-order valence-electron chi connectivity index (χ2n) is 6.77. The van der Waals surface area contributed by atoms with Crippen LogP contribution in [0.15, 0.2) is 60.8 Å². The molecule has 9 nitrogen and oxygen atoms in total. The maximum absolute atomic E-state index is 13.3. The SMILES string of the molecule is Cc1nn(-c2ccccc2)c2ncc3c(c12)C(=O)N(c1ccccc1[N+](=O)[O-])C3=O. The molecule has 146 valence electrons. The van der Waals surface area contributed by atoms with Crippen molar-refractivity contribution in [3.05, 3.63) is 87.7 Å². The molecule has 5 rings (SSSR count). The predicted molar refractivity (Wildman–Crippen MR) is 108 cm³/mol. The van der Waals surface area contributed by atoms with E-state index in [0.717, 1.165) is 10.6 Å². The number of carbonyl (C=O) groups is 2. The van der Waals surface area contributed by atoms with E-state index in [1.807, 2.05) is 30.3 Å². The summed E-state index contributed by atoms with van der Waals surface area (Å²) in [6, 6.07) is 15.0. The summed E-state index contributed by atoms with van der Waals surface area (Å²) in [6.45, 7) is 1.73. The molecule has 0 aliphatic carbocycles. The molecule has 4 aromatic rings. The Balaban J connectivity index is 1.73. The molecule has 1 aliphatic rings. The largest absolute Gasteiger partial charge is 0.293 e. The second kappa shape index (κ2) is 6.31. The van der Waals surface area contributed by atoms with E-state index in [4.69, 9.17) is 0 Å². The lowest BCUT2D eigenvalue weighted by atomic mass is 10.1. The van der Waals surface area contributed by atoms with Crippen LogP contribution in [0.25, 0.3) is 16.7 Å². The van der Waals surface area contributed by atoms with Crippen LogP contribution in [-0.2, 0) is 0 Å². The first-order valence-corrected chi connectivity index (χ1v) is 9.05. The van der Waals surface area contributed by atoms with Crippen molar-refractivity contribution in [1.29, 1.82) is 0 Å². The number of amides is 2. The average molecular weight is 399 g/mol. The first kappa shape index (κ1) is 17.7. The van der Waals surface area contributed by atoms with Gasteiger partial charge in [-0.3, -0.25) is 19.7 Å². The lowest BCUT2D eigenvalue weighted by Gasteiger charge is -2.13. The molecule has 30 heavy (non-hydrogen) atoms. The number of carbonyl (C=O) groups excluding carboxylic acids is 2. The second-order valence-corrected chi connectivity index (χ2v) is 6.77. The number of aromatic nitrogens is 3. The van der Waals surface area contributed by atoms with E-state index in [1.54, 1.807) is 17.7 Å². The van der Waals surface area contributed by atoms with E-state index in [0.29, 0.717) is 16.7 Å². The Hall–Kier alpha value is -4.40. The third-order valence-corrected chi connectivity index (χ3v) is 5.04. The number of nitrogens with zero attached hydrogens (tertiary/aromatic N) is 5. The number of imide groups is 1. The number of anilines is 1. The monoisotopic (exact) mass is 399 g/mol. The molecule has 0 unspecified atom stereocenters. The Morgan fingerprint density at radius 3 is 2.40 bits per heavy atom.